The van der Waals surface area contributed by atoms with E-state index in [9.17, 15) is 9.59 Å². The molecule has 0 spiro atoms. The second kappa shape index (κ2) is 9.56. The SMILES string of the molecule is CCCN(Cc1nc2cc(Cl)ccc2c(=O)[nH]1)C(=O)COc1ccc(CC)cc1. The quantitative estimate of drug-likeness (QED) is 0.606. The number of H-pyrrole nitrogens is 1. The molecule has 0 aliphatic rings. The number of hydrogen-bond acceptors (Lipinski definition) is 4. The van der Waals surface area contributed by atoms with E-state index in [-0.39, 0.29) is 24.6 Å². The van der Waals surface area contributed by atoms with Crippen LogP contribution in [0.2, 0.25) is 5.02 Å². The summed E-state index contributed by atoms with van der Waals surface area (Å²) >= 11 is 6.01. The van der Waals surface area contributed by atoms with Crippen LogP contribution in [0, 0.1) is 0 Å². The van der Waals surface area contributed by atoms with Crippen LogP contribution in [-0.2, 0) is 17.8 Å². The van der Waals surface area contributed by atoms with Crippen molar-refractivity contribution >= 4 is 28.4 Å². The number of benzene rings is 2. The van der Waals surface area contributed by atoms with Crippen molar-refractivity contribution in [1.29, 1.82) is 0 Å². The van der Waals surface area contributed by atoms with Crippen LogP contribution in [0.3, 0.4) is 0 Å². The van der Waals surface area contributed by atoms with Crippen LogP contribution < -0.4 is 10.3 Å². The molecule has 1 amide bonds. The van der Waals surface area contributed by atoms with Crippen molar-refractivity contribution < 1.29 is 9.53 Å². The molecule has 7 heteroatoms. The van der Waals surface area contributed by atoms with Crippen molar-refractivity contribution in [3.8, 4) is 5.75 Å². The average molecular weight is 414 g/mol. The van der Waals surface area contributed by atoms with Crippen molar-refractivity contribution in [3.05, 3.63) is 69.2 Å². The largest absolute Gasteiger partial charge is 0.484 e. The normalized spacial score (nSPS) is 10.9. The first kappa shape index (κ1) is 20.9. The zero-order valence-corrected chi connectivity index (χ0v) is 17.3. The molecule has 29 heavy (non-hydrogen) atoms. The molecular weight excluding hydrogens is 390 g/mol. The Morgan fingerprint density at radius 3 is 2.62 bits per heavy atom. The number of fused-ring (bicyclic) bond motifs is 1. The maximum Gasteiger partial charge on any atom is 0.260 e. The van der Waals surface area contributed by atoms with Crippen LogP contribution in [0.25, 0.3) is 10.9 Å². The van der Waals surface area contributed by atoms with Gasteiger partial charge in [0.05, 0.1) is 17.4 Å². The molecule has 1 aromatic heterocycles. The molecule has 6 nitrogen and oxygen atoms in total. The van der Waals surface area contributed by atoms with Crippen molar-refractivity contribution in [2.75, 3.05) is 13.2 Å². The average Bonchev–Trinajstić information content (AvgIpc) is 2.71. The number of nitrogens with zero attached hydrogens (tertiary/aromatic N) is 2. The monoisotopic (exact) mass is 413 g/mol. The van der Waals surface area contributed by atoms with Crippen molar-refractivity contribution in [2.24, 2.45) is 0 Å². The molecule has 0 saturated heterocycles. The van der Waals surface area contributed by atoms with Gasteiger partial charge in [0, 0.05) is 11.6 Å². The van der Waals surface area contributed by atoms with Gasteiger partial charge in [0.15, 0.2) is 6.61 Å². The molecule has 3 aromatic rings. The van der Waals surface area contributed by atoms with E-state index in [1.54, 1.807) is 23.1 Å². The topological polar surface area (TPSA) is 75.3 Å². The van der Waals surface area contributed by atoms with Gasteiger partial charge in [0.25, 0.3) is 11.5 Å². The highest BCUT2D eigenvalue weighted by Crippen LogP contribution is 2.16. The van der Waals surface area contributed by atoms with Gasteiger partial charge in [-0.25, -0.2) is 4.98 Å². The Kier molecular flexibility index (Phi) is 6.88. The second-order valence-electron chi connectivity index (χ2n) is 6.78. The zero-order chi connectivity index (χ0) is 20.8. The van der Waals surface area contributed by atoms with Gasteiger partial charge in [0.1, 0.15) is 11.6 Å². The molecule has 0 aliphatic carbocycles. The van der Waals surface area contributed by atoms with Gasteiger partial charge in [-0.15, -0.1) is 0 Å². The lowest BCUT2D eigenvalue weighted by atomic mass is 10.2. The minimum absolute atomic E-state index is 0.0743. The molecule has 0 fully saturated rings. The standard InChI is InChI=1S/C22H24ClN3O3/c1-3-11-26(21(27)14-29-17-8-5-15(4-2)6-9-17)13-20-24-19-12-16(23)7-10-18(19)22(28)25-20/h5-10,12H,3-4,11,13-14H2,1-2H3,(H,24,25,28). The summed E-state index contributed by atoms with van der Waals surface area (Å²) in [5.74, 6) is 0.901. The fourth-order valence-electron chi connectivity index (χ4n) is 3.04. The molecular formula is C22H24ClN3O3. The van der Waals surface area contributed by atoms with Gasteiger partial charge in [0.2, 0.25) is 0 Å². The number of ether oxygens (including phenoxy) is 1. The highest BCUT2D eigenvalue weighted by atomic mass is 35.5. The van der Waals surface area contributed by atoms with Gasteiger partial charge < -0.3 is 14.6 Å². The van der Waals surface area contributed by atoms with Crippen LogP contribution in [-0.4, -0.2) is 33.9 Å². The van der Waals surface area contributed by atoms with Gasteiger partial charge in [-0.1, -0.05) is 37.6 Å². The number of carbonyl (C=O) groups is 1. The minimum atomic E-state index is -0.252. The van der Waals surface area contributed by atoms with Crippen LogP contribution in [0.5, 0.6) is 5.75 Å². The third kappa shape index (κ3) is 5.35. The lowest BCUT2D eigenvalue weighted by Crippen LogP contribution is -2.36. The summed E-state index contributed by atoms with van der Waals surface area (Å²) in [7, 11) is 0. The van der Waals surface area contributed by atoms with E-state index in [2.05, 4.69) is 16.9 Å². The lowest BCUT2D eigenvalue weighted by molar-refractivity contribution is -0.134. The van der Waals surface area contributed by atoms with E-state index in [4.69, 9.17) is 16.3 Å². The number of aryl methyl sites for hydroxylation is 1. The summed E-state index contributed by atoms with van der Waals surface area (Å²) in [6.07, 6.45) is 1.73. The first-order valence-electron chi connectivity index (χ1n) is 9.68. The summed E-state index contributed by atoms with van der Waals surface area (Å²) in [6, 6.07) is 12.6. The van der Waals surface area contributed by atoms with Crippen molar-refractivity contribution in [3.63, 3.8) is 0 Å². The summed E-state index contributed by atoms with van der Waals surface area (Å²) in [5, 5.41) is 0.968. The summed E-state index contributed by atoms with van der Waals surface area (Å²) in [6.45, 7) is 4.73. The van der Waals surface area contributed by atoms with E-state index in [1.807, 2.05) is 31.2 Å². The van der Waals surface area contributed by atoms with Crippen LogP contribution in [0.15, 0.2) is 47.3 Å². The van der Waals surface area contributed by atoms with Gasteiger partial charge in [-0.3, -0.25) is 9.59 Å². The van der Waals surface area contributed by atoms with E-state index >= 15 is 0 Å². The molecule has 3 rings (SSSR count). The number of amides is 1. The molecule has 0 radical (unpaired) electrons. The lowest BCUT2D eigenvalue weighted by Gasteiger charge is -2.22. The molecule has 0 bridgehead atoms. The molecule has 1 N–H and O–H groups in total. The Balaban J connectivity index is 1.72. The van der Waals surface area contributed by atoms with E-state index in [0.717, 1.165) is 12.8 Å². The van der Waals surface area contributed by atoms with Crippen LogP contribution in [0.4, 0.5) is 0 Å². The molecule has 0 aliphatic heterocycles. The summed E-state index contributed by atoms with van der Waals surface area (Å²) in [4.78, 5) is 33.9. The van der Waals surface area contributed by atoms with E-state index in [0.29, 0.717) is 34.0 Å². The Bertz CT molecular complexity index is 1050. The highest BCUT2D eigenvalue weighted by molar-refractivity contribution is 6.31. The van der Waals surface area contributed by atoms with Gasteiger partial charge in [-0.2, -0.15) is 0 Å². The second-order valence-corrected chi connectivity index (χ2v) is 7.21. The summed E-state index contributed by atoms with van der Waals surface area (Å²) < 4.78 is 5.64. The molecule has 0 unspecified atom stereocenters. The molecule has 152 valence electrons. The highest BCUT2D eigenvalue weighted by Gasteiger charge is 2.16. The predicted molar refractivity (Wildman–Crippen MR) is 114 cm³/mol. The van der Waals surface area contributed by atoms with E-state index in [1.165, 1.54) is 5.56 Å². The third-order valence-electron chi connectivity index (χ3n) is 4.60. The molecule has 1 heterocycles. The number of rotatable bonds is 8. The number of aromatic amines is 1. The maximum absolute atomic E-state index is 12.7. The van der Waals surface area contributed by atoms with Crippen molar-refractivity contribution in [1.82, 2.24) is 14.9 Å². The van der Waals surface area contributed by atoms with E-state index < -0.39 is 0 Å². The first-order valence-corrected chi connectivity index (χ1v) is 10.1. The number of halogens is 1. The number of carbonyl (C=O) groups excluding carboxylic acids is 1. The molecule has 0 saturated carbocycles. The maximum atomic E-state index is 12.7. The zero-order valence-electron chi connectivity index (χ0n) is 16.6. The third-order valence-corrected chi connectivity index (χ3v) is 4.83. The number of hydrogen-bond donors (Lipinski definition) is 1. The van der Waals surface area contributed by atoms with Crippen molar-refractivity contribution in [2.45, 2.75) is 33.2 Å². The fraction of sp³-hybridized carbons (Fsp3) is 0.318. The Morgan fingerprint density at radius 1 is 1.17 bits per heavy atom. The Morgan fingerprint density at radius 2 is 1.93 bits per heavy atom. The number of nitrogens with one attached hydrogen (secondary N) is 1. The fourth-order valence-corrected chi connectivity index (χ4v) is 3.20. The first-order chi connectivity index (χ1) is 14.0. The van der Waals surface area contributed by atoms with Gasteiger partial charge in [-0.05, 0) is 48.7 Å². The van der Waals surface area contributed by atoms with Crippen LogP contribution in [0.1, 0.15) is 31.7 Å². The molecule has 0 atom stereocenters. The number of aromatic nitrogens is 2. The Hall–Kier alpha value is -2.86. The summed E-state index contributed by atoms with van der Waals surface area (Å²) in [5.41, 5.74) is 1.47. The Labute approximate surface area is 174 Å². The van der Waals surface area contributed by atoms with Gasteiger partial charge >= 0.3 is 0 Å². The smallest absolute Gasteiger partial charge is 0.260 e. The minimum Gasteiger partial charge on any atom is -0.484 e. The van der Waals surface area contributed by atoms with Crippen LogP contribution >= 0.6 is 11.6 Å². The predicted octanol–water partition coefficient (Wildman–Crippen LogP) is 3.96. The molecule has 2 aromatic carbocycles.